The second-order valence-electron chi connectivity index (χ2n) is 5.80. The average Bonchev–Trinajstić information content (AvgIpc) is 2.92. The number of hydrogen-bond acceptors (Lipinski definition) is 4. The summed E-state index contributed by atoms with van der Waals surface area (Å²) in [6.45, 7) is 7.89. The fourth-order valence-electron chi connectivity index (χ4n) is 3.51. The Morgan fingerprint density at radius 1 is 1.50 bits per heavy atom. The molecule has 2 aliphatic heterocycles. The molecule has 0 aromatic carbocycles. The van der Waals surface area contributed by atoms with Crippen LogP contribution in [0.15, 0.2) is 18.3 Å². The van der Waals surface area contributed by atoms with E-state index in [1.54, 1.807) is 6.20 Å². The number of nitrogens with zero attached hydrogens (tertiary/aromatic N) is 3. The molecule has 0 saturated carbocycles. The van der Waals surface area contributed by atoms with Crippen LogP contribution in [0.5, 0.6) is 0 Å². The van der Waals surface area contributed by atoms with Crippen molar-refractivity contribution in [2.24, 2.45) is 11.8 Å². The summed E-state index contributed by atoms with van der Waals surface area (Å²) in [5, 5.41) is 12.4. The van der Waals surface area contributed by atoms with Gasteiger partial charge in [0.15, 0.2) is 0 Å². The summed E-state index contributed by atoms with van der Waals surface area (Å²) in [5.74, 6) is 1.41. The second-order valence-corrected chi connectivity index (χ2v) is 5.80. The van der Waals surface area contributed by atoms with E-state index in [1.165, 1.54) is 0 Å². The standard InChI is InChI=1S/C14H18N4/c1-14(2)13-8-16-7-10(13)9-18(14)12-3-4-17-11(5-12)6-15/h3-5,10,13,16H,7-9H2,1-2H3. The SMILES string of the molecule is CC1(C)C2CNCC2CN1c1ccnc(C#N)c1. The van der Waals surface area contributed by atoms with Gasteiger partial charge in [-0.05, 0) is 37.8 Å². The first-order chi connectivity index (χ1) is 8.63. The molecule has 4 heteroatoms. The van der Waals surface area contributed by atoms with E-state index >= 15 is 0 Å². The fourth-order valence-corrected chi connectivity index (χ4v) is 3.51. The van der Waals surface area contributed by atoms with Crippen molar-refractivity contribution in [1.82, 2.24) is 10.3 Å². The quantitative estimate of drug-likeness (QED) is 0.808. The van der Waals surface area contributed by atoms with Crippen LogP contribution in [0.1, 0.15) is 19.5 Å². The number of anilines is 1. The number of nitriles is 1. The largest absolute Gasteiger partial charge is 0.366 e. The van der Waals surface area contributed by atoms with Crippen molar-refractivity contribution in [2.75, 3.05) is 24.5 Å². The molecule has 2 unspecified atom stereocenters. The molecule has 3 rings (SSSR count). The minimum Gasteiger partial charge on any atom is -0.366 e. The Morgan fingerprint density at radius 2 is 2.33 bits per heavy atom. The first-order valence-corrected chi connectivity index (χ1v) is 6.47. The molecule has 0 radical (unpaired) electrons. The summed E-state index contributed by atoms with van der Waals surface area (Å²) in [6, 6.07) is 6.03. The van der Waals surface area contributed by atoms with E-state index in [2.05, 4.69) is 35.1 Å². The van der Waals surface area contributed by atoms with E-state index in [1.807, 2.05) is 12.1 Å². The molecule has 4 nitrogen and oxygen atoms in total. The van der Waals surface area contributed by atoms with Crippen LogP contribution >= 0.6 is 0 Å². The number of pyridine rings is 1. The zero-order chi connectivity index (χ0) is 12.8. The lowest BCUT2D eigenvalue weighted by Gasteiger charge is -2.37. The number of fused-ring (bicyclic) bond motifs is 1. The van der Waals surface area contributed by atoms with Gasteiger partial charge in [0.25, 0.3) is 0 Å². The summed E-state index contributed by atoms with van der Waals surface area (Å²) < 4.78 is 0. The molecule has 3 heterocycles. The molecule has 18 heavy (non-hydrogen) atoms. The molecule has 1 aromatic rings. The molecule has 0 aliphatic carbocycles. The Hall–Kier alpha value is -1.60. The molecule has 0 bridgehead atoms. The van der Waals surface area contributed by atoms with Crippen molar-refractivity contribution in [3.05, 3.63) is 24.0 Å². The third kappa shape index (κ3) is 1.58. The molecule has 1 N–H and O–H groups in total. The van der Waals surface area contributed by atoms with Crippen molar-refractivity contribution in [3.8, 4) is 6.07 Å². The highest BCUT2D eigenvalue weighted by atomic mass is 15.3. The molecular formula is C14H18N4. The molecule has 0 amide bonds. The van der Waals surface area contributed by atoms with Crippen LogP contribution in [0, 0.1) is 23.2 Å². The number of nitrogens with one attached hydrogen (secondary N) is 1. The summed E-state index contributed by atoms with van der Waals surface area (Å²) in [5.41, 5.74) is 1.77. The van der Waals surface area contributed by atoms with Crippen molar-refractivity contribution in [2.45, 2.75) is 19.4 Å². The highest BCUT2D eigenvalue weighted by molar-refractivity contribution is 5.53. The van der Waals surface area contributed by atoms with Crippen LogP contribution in [0.2, 0.25) is 0 Å². The van der Waals surface area contributed by atoms with E-state index in [0.717, 1.165) is 31.2 Å². The van der Waals surface area contributed by atoms with Gasteiger partial charge >= 0.3 is 0 Å². The Kier molecular flexibility index (Phi) is 2.53. The molecule has 2 atom stereocenters. The van der Waals surface area contributed by atoms with Crippen molar-refractivity contribution in [3.63, 3.8) is 0 Å². The van der Waals surface area contributed by atoms with Gasteiger partial charge in [0.1, 0.15) is 11.8 Å². The predicted molar refractivity (Wildman–Crippen MR) is 70.2 cm³/mol. The molecule has 1 aromatic heterocycles. The molecule has 0 spiro atoms. The monoisotopic (exact) mass is 242 g/mol. The molecule has 2 aliphatic rings. The zero-order valence-corrected chi connectivity index (χ0v) is 10.8. The minimum atomic E-state index is 0.141. The first-order valence-electron chi connectivity index (χ1n) is 6.47. The zero-order valence-electron chi connectivity index (χ0n) is 10.8. The van der Waals surface area contributed by atoms with Crippen molar-refractivity contribution in [1.29, 1.82) is 5.26 Å². The predicted octanol–water partition coefficient (Wildman–Crippen LogP) is 1.39. The summed E-state index contributed by atoms with van der Waals surface area (Å²) in [7, 11) is 0. The highest BCUT2D eigenvalue weighted by Crippen LogP contribution is 2.43. The maximum absolute atomic E-state index is 8.96. The lowest BCUT2D eigenvalue weighted by atomic mass is 9.85. The van der Waals surface area contributed by atoms with Gasteiger partial charge in [-0.15, -0.1) is 0 Å². The lowest BCUT2D eigenvalue weighted by molar-refractivity contribution is 0.357. The van der Waals surface area contributed by atoms with E-state index in [-0.39, 0.29) is 5.54 Å². The second kappa shape index (κ2) is 3.96. The van der Waals surface area contributed by atoms with Crippen LogP contribution in [-0.2, 0) is 0 Å². The average molecular weight is 242 g/mol. The number of aromatic nitrogens is 1. The maximum Gasteiger partial charge on any atom is 0.142 e. The number of rotatable bonds is 1. The highest BCUT2D eigenvalue weighted by Gasteiger charge is 2.49. The summed E-state index contributed by atoms with van der Waals surface area (Å²) >= 11 is 0. The van der Waals surface area contributed by atoms with Gasteiger partial charge < -0.3 is 10.2 Å². The Bertz CT molecular complexity index is 503. The molecule has 2 fully saturated rings. The Morgan fingerprint density at radius 3 is 3.06 bits per heavy atom. The van der Waals surface area contributed by atoms with Crippen LogP contribution < -0.4 is 10.2 Å². The first kappa shape index (κ1) is 11.5. The van der Waals surface area contributed by atoms with Gasteiger partial charge in [0.05, 0.1) is 0 Å². The van der Waals surface area contributed by atoms with E-state index in [9.17, 15) is 0 Å². The minimum absolute atomic E-state index is 0.141. The third-order valence-electron chi connectivity index (χ3n) is 4.53. The summed E-state index contributed by atoms with van der Waals surface area (Å²) in [6.07, 6.45) is 1.73. The normalized spacial score (nSPS) is 29.1. The van der Waals surface area contributed by atoms with Crippen molar-refractivity contribution < 1.29 is 0 Å². The van der Waals surface area contributed by atoms with Crippen molar-refractivity contribution >= 4 is 5.69 Å². The van der Waals surface area contributed by atoms with Gasteiger partial charge in [-0.25, -0.2) is 4.98 Å². The Balaban J connectivity index is 1.95. The lowest BCUT2D eigenvalue weighted by Crippen LogP contribution is -2.44. The van der Waals surface area contributed by atoms with Gasteiger partial charge in [-0.2, -0.15) is 5.26 Å². The van der Waals surface area contributed by atoms with E-state index in [0.29, 0.717) is 11.6 Å². The smallest absolute Gasteiger partial charge is 0.142 e. The fraction of sp³-hybridized carbons (Fsp3) is 0.571. The summed E-state index contributed by atoms with van der Waals surface area (Å²) in [4.78, 5) is 6.49. The van der Waals surface area contributed by atoms with Crippen LogP contribution in [-0.4, -0.2) is 30.2 Å². The Labute approximate surface area is 108 Å². The third-order valence-corrected chi connectivity index (χ3v) is 4.53. The van der Waals surface area contributed by atoms with Crippen LogP contribution in [0.25, 0.3) is 0 Å². The van der Waals surface area contributed by atoms with Crippen LogP contribution in [0.4, 0.5) is 5.69 Å². The van der Waals surface area contributed by atoms with Gasteiger partial charge in [-0.3, -0.25) is 0 Å². The molecular weight excluding hydrogens is 224 g/mol. The van der Waals surface area contributed by atoms with Gasteiger partial charge in [0, 0.05) is 37.1 Å². The van der Waals surface area contributed by atoms with Crippen LogP contribution in [0.3, 0.4) is 0 Å². The molecule has 94 valence electrons. The topological polar surface area (TPSA) is 52.0 Å². The molecule has 2 saturated heterocycles. The van der Waals surface area contributed by atoms with Gasteiger partial charge in [0.2, 0.25) is 0 Å². The van der Waals surface area contributed by atoms with E-state index < -0.39 is 0 Å². The maximum atomic E-state index is 8.96. The van der Waals surface area contributed by atoms with Gasteiger partial charge in [-0.1, -0.05) is 0 Å². The number of hydrogen-bond donors (Lipinski definition) is 1. The van der Waals surface area contributed by atoms with E-state index in [4.69, 9.17) is 5.26 Å².